The Balaban J connectivity index is 2.07. The molecule has 0 heterocycles. The summed E-state index contributed by atoms with van der Waals surface area (Å²) in [5.74, 6) is 0.190. The van der Waals surface area contributed by atoms with Crippen LogP contribution in [0.15, 0.2) is 40.9 Å². The first-order chi connectivity index (χ1) is 9.10. The van der Waals surface area contributed by atoms with E-state index >= 15 is 0 Å². The Bertz CT molecular complexity index is 586. The third kappa shape index (κ3) is 3.55. The second kappa shape index (κ2) is 6.17. The molecule has 100 valence electrons. The Morgan fingerprint density at radius 3 is 2.63 bits per heavy atom. The van der Waals surface area contributed by atoms with Gasteiger partial charge in [0, 0.05) is 12.6 Å². The van der Waals surface area contributed by atoms with E-state index in [0.717, 1.165) is 16.7 Å². The molecule has 0 bridgehead atoms. The van der Waals surface area contributed by atoms with E-state index in [1.165, 1.54) is 6.07 Å². The van der Waals surface area contributed by atoms with Gasteiger partial charge in [-0.15, -0.1) is 0 Å². The van der Waals surface area contributed by atoms with Gasteiger partial charge in [-0.3, -0.25) is 0 Å². The van der Waals surface area contributed by atoms with E-state index in [1.54, 1.807) is 12.1 Å². The zero-order chi connectivity index (χ0) is 13.8. The quantitative estimate of drug-likeness (QED) is 0.925. The fourth-order valence-electron chi connectivity index (χ4n) is 1.77. The van der Waals surface area contributed by atoms with Crippen molar-refractivity contribution < 1.29 is 9.13 Å². The minimum absolute atomic E-state index is 0.326. The van der Waals surface area contributed by atoms with Crippen LogP contribution in [0.4, 0.5) is 4.39 Å². The highest BCUT2D eigenvalue weighted by Gasteiger charge is 2.04. The van der Waals surface area contributed by atoms with Crippen LogP contribution >= 0.6 is 15.9 Å². The van der Waals surface area contributed by atoms with E-state index in [0.29, 0.717) is 23.4 Å². The first-order valence-corrected chi connectivity index (χ1v) is 6.76. The molecule has 0 unspecified atom stereocenters. The van der Waals surface area contributed by atoms with Crippen LogP contribution in [0.3, 0.4) is 0 Å². The maximum absolute atomic E-state index is 13.3. The summed E-state index contributed by atoms with van der Waals surface area (Å²) >= 11 is 3.11. The lowest BCUT2D eigenvalue weighted by atomic mass is 10.1. The van der Waals surface area contributed by atoms with E-state index in [-0.39, 0.29) is 5.82 Å². The number of aryl methyl sites for hydroxylation is 1. The molecule has 2 aromatic rings. The zero-order valence-electron chi connectivity index (χ0n) is 10.6. The smallest absolute Gasteiger partial charge is 0.141 e. The van der Waals surface area contributed by atoms with Crippen LogP contribution in [0.1, 0.15) is 16.7 Å². The van der Waals surface area contributed by atoms with Gasteiger partial charge in [0.25, 0.3) is 0 Å². The molecule has 4 heteroatoms. The minimum atomic E-state index is -0.326. The predicted molar refractivity (Wildman–Crippen MR) is 77.5 cm³/mol. The molecule has 0 aromatic heterocycles. The Labute approximate surface area is 120 Å². The van der Waals surface area contributed by atoms with Crippen molar-refractivity contribution in [3.05, 3.63) is 63.4 Å². The molecule has 2 rings (SSSR count). The van der Waals surface area contributed by atoms with Crippen molar-refractivity contribution in [2.24, 2.45) is 5.73 Å². The molecule has 0 aliphatic carbocycles. The average Bonchev–Trinajstić information content (AvgIpc) is 2.41. The maximum Gasteiger partial charge on any atom is 0.141 e. The van der Waals surface area contributed by atoms with E-state index in [9.17, 15) is 4.39 Å². The van der Waals surface area contributed by atoms with Crippen molar-refractivity contribution in [3.8, 4) is 5.75 Å². The Hall–Kier alpha value is -1.39. The number of nitrogens with two attached hydrogens (primary N) is 1. The summed E-state index contributed by atoms with van der Waals surface area (Å²) in [5, 5.41) is 0. The summed E-state index contributed by atoms with van der Waals surface area (Å²) < 4.78 is 19.4. The van der Waals surface area contributed by atoms with Gasteiger partial charge < -0.3 is 10.5 Å². The maximum atomic E-state index is 13.3. The van der Waals surface area contributed by atoms with Crippen molar-refractivity contribution in [2.45, 2.75) is 20.1 Å². The van der Waals surface area contributed by atoms with Crippen LogP contribution < -0.4 is 10.5 Å². The Morgan fingerprint density at radius 2 is 2.00 bits per heavy atom. The lowest BCUT2D eigenvalue weighted by Crippen LogP contribution is -2.01. The van der Waals surface area contributed by atoms with Gasteiger partial charge in [-0.25, -0.2) is 4.39 Å². The fraction of sp³-hybridized carbons (Fsp3) is 0.200. The predicted octanol–water partition coefficient (Wildman–Crippen LogP) is 3.93. The van der Waals surface area contributed by atoms with Crippen LogP contribution in [0.5, 0.6) is 5.75 Å². The molecule has 0 radical (unpaired) electrons. The lowest BCUT2D eigenvalue weighted by molar-refractivity contribution is 0.303. The topological polar surface area (TPSA) is 35.2 Å². The molecular weight excluding hydrogens is 309 g/mol. The number of rotatable bonds is 4. The normalized spacial score (nSPS) is 10.5. The number of benzene rings is 2. The van der Waals surface area contributed by atoms with Gasteiger partial charge in [-0.1, -0.05) is 18.2 Å². The first-order valence-electron chi connectivity index (χ1n) is 5.96. The molecule has 0 aliphatic rings. The highest BCUT2D eigenvalue weighted by Crippen LogP contribution is 2.22. The number of hydrogen-bond acceptors (Lipinski definition) is 2. The molecule has 0 spiro atoms. The van der Waals surface area contributed by atoms with Gasteiger partial charge >= 0.3 is 0 Å². The second-order valence-electron chi connectivity index (χ2n) is 4.33. The number of hydrogen-bond donors (Lipinski definition) is 1. The molecule has 0 amide bonds. The number of ether oxygens (including phenoxy) is 1. The molecule has 0 atom stereocenters. The fourth-order valence-corrected chi connectivity index (χ4v) is 2.02. The summed E-state index contributed by atoms with van der Waals surface area (Å²) in [6.45, 7) is 2.96. The van der Waals surface area contributed by atoms with Crippen molar-refractivity contribution in [1.82, 2.24) is 0 Å². The molecule has 0 saturated heterocycles. The third-order valence-corrected chi connectivity index (χ3v) is 3.57. The van der Waals surface area contributed by atoms with Crippen molar-refractivity contribution in [3.63, 3.8) is 0 Å². The molecule has 2 nitrogen and oxygen atoms in total. The van der Waals surface area contributed by atoms with Crippen molar-refractivity contribution >= 4 is 15.9 Å². The average molecular weight is 324 g/mol. The van der Waals surface area contributed by atoms with E-state index in [4.69, 9.17) is 10.5 Å². The third-order valence-electron chi connectivity index (χ3n) is 2.93. The molecule has 0 aliphatic heterocycles. The minimum Gasteiger partial charge on any atom is -0.489 e. The standard InChI is InChI=1S/C15H15BrFNO/c1-10-6-11(8-18)2-3-12(10)9-19-13-4-5-14(16)15(17)7-13/h2-7H,8-9,18H2,1H3. The van der Waals surface area contributed by atoms with E-state index in [2.05, 4.69) is 15.9 Å². The van der Waals surface area contributed by atoms with Crippen LogP contribution in [-0.2, 0) is 13.2 Å². The molecule has 0 saturated carbocycles. The first kappa shape index (κ1) is 14.0. The van der Waals surface area contributed by atoms with Crippen molar-refractivity contribution in [2.75, 3.05) is 0 Å². The van der Waals surface area contributed by atoms with E-state index in [1.807, 2.05) is 25.1 Å². The summed E-state index contributed by atoms with van der Waals surface area (Å²) in [5.41, 5.74) is 8.88. The van der Waals surface area contributed by atoms with Gasteiger partial charge in [0.15, 0.2) is 0 Å². The summed E-state index contributed by atoms with van der Waals surface area (Å²) in [6, 6.07) is 10.8. The van der Waals surface area contributed by atoms with Crippen LogP contribution in [0.2, 0.25) is 0 Å². The molecular formula is C15H15BrFNO. The summed E-state index contributed by atoms with van der Waals surface area (Å²) in [4.78, 5) is 0. The van der Waals surface area contributed by atoms with Gasteiger partial charge in [0.05, 0.1) is 4.47 Å². The van der Waals surface area contributed by atoms with Gasteiger partial charge in [-0.2, -0.15) is 0 Å². The summed E-state index contributed by atoms with van der Waals surface area (Å²) in [7, 11) is 0. The number of halogens is 2. The zero-order valence-corrected chi connectivity index (χ0v) is 12.2. The second-order valence-corrected chi connectivity index (χ2v) is 5.18. The highest BCUT2D eigenvalue weighted by atomic mass is 79.9. The Morgan fingerprint density at radius 1 is 1.21 bits per heavy atom. The van der Waals surface area contributed by atoms with Crippen LogP contribution in [-0.4, -0.2) is 0 Å². The van der Waals surface area contributed by atoms with Gasteiger partial charge in [-0.05, 0) is 51.7 Å². The molecule has 0 fully saturated rings. The largest absolute Gasteiger partial charge is 0.489 e. The van der Waals surface area contributed by atoms with E-state index < -0.39 is 0 Å². The van der Waals surface area contributed by atoms with Crippen LogP contribution in [0.25, 0.3) is 0 Å². The highest BCUT2D eigenvalue weighted by molar-refractivity contribution is 9.10. The SMILES string of the molecule is Cc1cc(CN)ccc1COc1ccc(Br)c(F)c1. The van der Waals surface area contributed by atoms with Gasteiger partial charge in [0.1, 0.15) is 18.2 Å². The van der Waals surface area contributed by atoms with Crippen LogP contribution in [0, 0.1) is 12.7 Å². The van der Waals surface area contributed by atoms with Crippen molar-refractivity contribution in [1.29, 1.82) is 0 Å². The Kier molecular flexibility index (Phi) is 4.56. The molecule has 2 N–H and O–H groups in total. The summed E-state index contributed by atoms with van der Waals surface area (Å²) in [6.07, 6.45) is 0. The molecule has 2 aromatic carbocycles. The lowest BCUT2D eigenvalue weighted by Gasteiger charge is -2.10. The molecule has 19 heavy (non-hydrogen) atoms. The monoisotopic (exact) mass is 323 g/mol. The van der Waals surface area contributed by atoms with Gasteiger partial charge in [0.2, 0.25) is 0 Å².